The number of fused-ring (bicyclic) bond motifs is 13. The Bertz CT molecular complexity index is 7750. The molecule has 7 aromatic heterocycles. The van der Waals surface area contributed by atoms with Gasteiger partial charge in [-0.25, -0.2) is 29.9 Å². The molecule has 0 aliphatic carbocycles. The van der Waals surface area contributed by atoms with Crippen LogP contribution in [-0.4, -0.2) is 47.4 Å². The van der Waals surface area contributed by atoms with Crippen LogP contribution in [0.15, 0.2) is 393 Å². The van der Waals surface area contributed by atoms with Crippen molar-refractivity contribution in [3.8, 4) is 146 Å². The summed E-state index contributed by atoms with van der Waals surface area (Å²) in [6, 6.07) is 135. The van der Waals surface area contributed by atoms with E-state index in [-0.39, 0.29) is 0 Å². The third kappa shape index (κ3) is 13.2. The lowest BCUT2D eigenvalue weighted by molar-refractivity contribution is 0.670. The van der Waals surface area contributed by atoms with Gasteiger partial charge < -0.3 is 4.42 Å². The molecule has 119 heavy (non-hydrogen) atoms. The molecule has 0 bridgehead atoms. The molecule has 13 heteroatoms. The van der Waals surface area contributed by atoms with Crippen molar-refractivity contribution in [1.29, 1.82) is 0 Å². The number of rotatable bonds is 13. The van der Waals surface area contributed by atoms with Crippen molar-refractivity contribution >= 4 is 111 Å². The van der Waals surface area contributed by atoms with Gasteiger partial charge in [0, 0.05) is 93.2 Å². The van der Waals surface area contributed by atoms with Crippen LogP contribution < -0.4 is 0 Å². The first-order valence-corrected chi connectivity index (χ1v) is 40.9. The summed E-state index contributed by atoms with van der Waals surface area (Å²) in [7, 11) is 0. The summed E-state index contributed by atoms with van der Waals surface area (Å²) in [6.45, 7) is 0. The van der Waals surface area contributed by atoms with Crippen LogP contribution in [0, 0.1) is 0 Å². The minimum Gasteiger partial charge on any atom is -0.455 e. The van der Waals surface area contributed by atoms with E-state index in [4.69, 9.17) is 43.1 Å². The lowest BCUT2D eigenvalue weighted by atomic mass is 9.94. The number of pyridine rings is 2. The maximum absolute atomic E-state index is 6.36. The average molecular weight is 1560 g/mol. The van der Waals surface area contributed by atoms with Crippen LogP contribution in [0.1, 0.15) is 0 Å². The maximum Gasteiger partial charge on any atom is 0.160 e. The van der Waals surface area contributed by atoms with Gasteiger partial charge in [0.1, 0.15) is 33.2 Å². The fourth-order valence-corrected chi connectivity index (χ4v) is 17.5. The van der Waals surface area contributed by atoms with Gasteiger partial charge in [-0.3, -0.25) is 0 Å². The third-order valence-corrected chi connectivity index (χ3v) is 23.4. The van der Waals surface area contributed by atoms with Crippen molar-refractivity contribution in [3.63, 3.8) is 0 Å². The van der Waals surface area contributed by atoms with Crippen molar-refractivity contribution in [2.45, 2.75) is 0 Å². The minimum atomic E-state index is 0.676. The lowest BCUT2D eigenvalue weighted by Gasteiger charge is -2.14. The highest BCUT2D eigenvalue weighted by Crippen LogP contribution is 2.44. The van der Waals surface area contributed by atoms with Gasteiger partial charge >= 0.3 is 0 Å². The molecule has 0 amide bonds. The molecule has 0 unspecified atom stereocenters. The standard InChI is InChI=1S/C53H31N5OS.C53H33N5S/c1-3-10-36(11-4-1)50-43-28-29-44-51(58-60-57-44)49(43)42-27-26-38(30-47(42)54-50)32-18-22-34(23-19-32)45-31-46(56-53(55-45)37-12-5-2-6-13-37)35-24-20-33(21-25-35)39-15-9-16-41-40-14-7-8-17-48(40)59-52(39)41;1-5-13-34(14-6-1)41-29-42(35-15-7-2-8-16-35)31-43(30-41)48-33-47(55-53(56-48)39-19-11-4-12-20-39)37-23-21-36(22-24-37)40-25-26-44-49(32-40)54-51(38-17-9-3-10-18-38)45-27-28-46-52(50(44)45)58-59-57-46/h1-31H;1-33H. The van der Waals surface area contributed by atoms with Crippen LogP contribution in [0.2, 0.25) is 0 Å². The van der Waals surface area contributed by atoms with E-state index < -0.39 is 0 Å². The summed E-state index contributed by atoms with van der Waals surface area (Å²) >= 11 is 2.49. The Morgan fingerprint density at radius 3 is 0.983 bits per heavy atom. The first kappa shape index (κ1) is 70.1. The maximum atomic E-state index is 6.36. The van der Waals surface area contributed by atoms with Gasteiger partial charge in [0.2, 0.25) is 0 Å². The summed E-state index contributed by atoms with van der Waals surface area (Å²) in [5.41, 5.74) is 31.7. The number of benzene rings is 16. The van der Waals surface area contributed by atoms with E-state index >= 15 is 0 Å². The molecule has 0 aliphatic heterocycles. The molecule has 0 spiro atoms. The van der Waals surface area contributed by atoms with Crippen LogP contribution in [0.4, 0.5) is 0 Å². The number of hydrogen-bond donors (Lipinski definition) is 0. The Morgan fingerprint density at radius 2 is 0.538 bits per heavy atom. The highest BCUT2D eigenvalue weighted by Gasteiger charge is 2.22. The number of nitrogens with zero attached hydrogens (tertiary/aromatic N) is 10. The van der Waals surface area contributed by atoms with Crippen LogP contribution in [0.3, 0.4) is 0 Å². The molecule has 11 nitrogen and oxygen atoms in total. The molecule has 556 valence electrons. The van der Waals surface area contributed by atoms with Crippen LogP contribution in [0.5, 0.6) is 0 Å². The minimum absolute atomic E-state index is 0.676. The molecule has 7 heterocycles. The van der Waals surface area contributed by atoms with Crippen molar-refractivity contribution in [2.75, 3.05) is 0 Å². The van der Waals surface area contributed by atoms with E-state index in [1.54, 1.807) is 0 Å². The Morgan fingerprint density at radius 1 is 0.193 bits per heavy atom. The fraction of sp³-hybridized carbons (Fsp3) is 0. The topological polar surface area (TPSA) is 142 Å². The van der Waals surface area contributed by atoms with E-state index in [9.17, 15) is 0 Å². The second-order valence-corrected chi connectivity index (χ2v) is 30.6. The summed E-state index contributed by atoms with van der Waals surface area (Å²) in [5, 5.41) is 8.67. The van der Waals surface area contributed by atoms with Gasteiger partial charge in [0.25, 0.3) is 0 Å². The Labute approximate surface area is 692 Å². The van der Waals surface area contributed by atoms with Gasteiger partial charge in [0.15, 0.2) is 11.6 Å². The molecular formula is C106H64N10OS2. The van der Waals surface area contributed by atoms with Crippen LogP contribution >= 0.6 is 23.5 Å². The quantitative estimate of drug-likeness (QED) is 0.102. The van der Waals surface area contributed by atoms with E-state index in [1.165, 1.54) is 23.5 Å². The monoisotopic (exact) mass is 1560 g/mol. The third-order valence-electron chi connectivity index (χ3n) is 22.3. The SMILES string of the molecule is c1ccc(-c2cc(-c3ccccc3)cc(-c3cc(-c4ccc(-c5ccc6c(c5)nc(-c5ccccc5)c5ccc7nsnc7c56)cc4)nc(-c4ccccc4)n3)c2)cc1.c1ccc(-c2nc(-c3ccc(-c4ccc5c(c4)nc(-c4ccccc4)c4ccc6nsnc6c45)cc3)cc(-c3ccc(-c4cccc5c4oc4ccccc45)cc3)n2)cc1. The van der Waals surface area contributed by atoms with Crippen molar-refractivity contribution in [2.24, 2.45) is 0 Å². The van der Waals surface area contributed by atoms with Gasteiger partial charge in [-0.15, -0.1) is 0 Å². The van der Waals surface area contributed by atoms with Crippen molar-refractivity contribution in [3.05, 3.63) is 388 Å². The van der Waals surface area contributed by atoms with E-state index in [1.807, 2.05) is 72.8 Å². The predicted octanol–water partition coefficient (Wildman–Crippen LogP) is 27.9. The zero-order valence-corrected chi connectivity index (χ0v) is 65.3. The van der Waals surface area contributed by atoms with E-state index in [0.717, 1.165) is 222 Å². The molecule has 0 fully saturated rings. The summed E-state index contributed by atoms with van der Waals surface area (Å²) in [5.74, 6) is 1.36. The molecule has 0 saturated carbocycles. The second-order valence-electron chi connectivity index (χ2n) is 29.6. The molecule has 23 rings (SSSR count). The summed E-state index contributed by atoms with van der Waals surface area (Å²) < 4.78 is 24.9. The van der Waals surface area contributed by atoms with Crippen LogP contribution in [0.25, 0.3) is 233 Å². The van der Waals surface area contributed by atoms with Gasteiger partial charge in [-0.1, -0.05) is 315 Å². The number of furan rings is 1. The molecule has 23 aromatic rings. The van der Waals surface area contributed by atoms with Gasteiger partial charge in [-0.05, 0) is 123 Å². The predicted molar refractivity (Wildman–Crippen MR) is 490 cm³/mol. The highest BCUT2D eigenvalue weighted by molar-refractivity contribution is 7.00. The molecule has 0 atom stereocenters. The largest absolute Gasteiger partial charge is 0.455 e. The highest BCUT2D eigenvalue weighted by atomic mass is 32.1. The molecule has 16 aromatic carbocycles. The molecule has 0 aliphatic rings. The average Bonchev–Trinajstić information content (AvgIpc) is 1.73. The zero-order valence-electron chi connectivity index (χ0n) is 63.6. The molecular weight excluding hydrogens is 1490 g/mol. The summed E-state index contributed by atoms with van der Waals surface area (Å²) in [6.07, 6.45) is 0. The first-order valence-electron chi connectivity index (χ1n) is 39.4. The van der Waals surface area contributed by atoms with Gasteiger partial charge in [-0.2, -0.15) is 17.5 Å². The second kappa shape index (κ2) is 30.0. The van der Waals surface area contributed by atoms with E-state index in [2.05, 4.69) is 324 Å². The lowest BCUT2D eigenvalue weighted by Crippen LogP contribution is -1.96. The summed E-state index contributed by atoms with van der Waals surface area (Å²) in [4.78, 5) is 31.1. The molecule has 0 radical (unpaired) electrons. The molecule has 0 saturated heterocycles. The Kier molecular flexibility index (Phi) is 17.7. The Balaban J connectivity index is 0.000000143. The number of hydrogen-bond acceptors (Lipinski definition) is 13. The fourth-order valence-electron chi connectivity index (χ4n) is 16.4. The smallest absolute Gasteiger partial charge is 0.160 e. The normalized spacial score (nSPS) is 11.5. The zero-order chi connectivity index (χ0) is 78.7. The van der Waals surface area contributed by atoms with Crippen LogP contribution in [-0.2, 0) is 0 Å². The van der Waals surface area contributed by atoms with Gasteiger partial charge in [0.05, 0.1) is 68.7 Å². The van der Waals surface area contributed by atoms with Crippen molar-refractivity contribution < 1.29 is 4.42 Å². The number of para-hydroxylation sites is 2. The Hall–Kier alpha value is -15.5. The first-order chi connectivity index (χ1) is 58.9. The van der Waals surface area contributed by atoms with E-state index in [0.29, 0.717) is 11.6 Å². The molecule has 0 N–H and O–H groups in total. The van der Waals surface area contributed by atoms with Crippen molar-refractivity contribution in [1.82, 2.24) is 47.4 Å². The number of aromatic nitrogens is 10.